The first-order valence-electron chi connectivity index (χ1n) is 13.4. The van der Waals surface area contributed by atoms with Crippen LogP contribution in [0.15, 0.2) is 53.0 Å². The Morgan fingerprint density at radius 1 is 1.02 bits per heavy atom. The van der Waals surface area contributed by atoms with E-state index in [1.165, 1.54) is 32.9 Å². The molecule has 44 heavy (non-hydrogen) atoms. The van der Waals surface area contributed by atoms with Crippen LogP contribution in [0.1, 0.15) is 74.0 Å². The van der Waals surface area contributed by atoms with E-state index in [0.717, 1.165) is 0 Å². The lowest BCUT2D eigenvalue weighted by Crippen LogP contribution is -2.45. The summed E-state index contributed by atoms with van der Waals surface area (Å²) in [5.41, 5.74) is -7.68. The second kappa shape index (κ2) is 12.4. The van der Waals surface area contributed by atoms with Crippen LogP contribution in [0, 0.1) is 0 Å². The van der Waals surface area contributed by atoms with Crippen LogP contribution in [0.25, 0.3) is 11.6 Å². The van der Waals surface area contributed by atoms with Gasteiger partial charge < -0.3 is 13.9 Å². The number of carbonyl (C=O) groups excluding carboxylic acids is 2. The van der Waals surface area contributed by atoms with E-state index in [1.54, 1.807) is 30.3 Å². The molecule has 0 fully saturated rings. The molecule has 0 unspecified atom stereocenters. The molecule has 0 saturated heterocycles. The van der Waals surface area contributed by atoms with E-state index in [0.29, 0.717) is 11.6 Å². The molecule has 1 amide bonds. The van der Waals surface area contributed by atoms with E-state index in [-0.39, 0.29) is 12.8 Å². The van der Waals surface area contributed by atoms with Crippen molar-refractivity contribution in [2.45, 2.75) is 76.6 Å². The Kier molecular flexibility index (Phi) is 9.18. The average molecular weight is 627 g/mol. The molecule has 0 spiro atoms. The van der Waals surface area contributed by atoms with Crippen molar-refractivity contribution in [3.8, 4) is 11.6 Å². The summed E-state index contributed by atoms with van der Waals surface area (Å²) in [6.45, 7) is 4.01. The van der Waals surface area contributed by atoms with Gasteiger partial charge in [0.25, 0.3) is 11.8 Å². The molecule has 4 bridgehead atoms. The van der Waals surface area contributed by atoms with Gasteiger partial charge >= 0.3 is 18.4 Å². The molecule has 1 aliphatic heterocycles. The number of pyridine rings is 1. The maximum atomic E-state index is 14.9. The molecule has 2 aromatic heterocycles. The highest BCUT2D eigenvalue weighted by Gasteiger charge is 2.61. The van der Waals surface area contributed by atoms with Crippen LogP contribution < -0.4 is 5.32 Å². The number of carbonyl (C=O) groups is 2. The maximum absolute atomic E-state index is 14.9. The predicted octanol–water partition coefficient (Wildman–Crippen LogP) is 7.78. The van der Waals surface area contributed by atoms with Gasteiger partial charge in [-0.3, -0.25) is 10.1 Å². The minimum absolute atomic E-state index is 0.0177. The first kappa shape index (κ1) is 32.6. The molecular formula is C29H28F6N4O5. The number of anilines is 1. The van der Waals surface area contributed by atoms with Gasteiger partial charge in [-0.15, -0.1) is 10.2 Å². The summed E-state index contributed by atoms with van der Waals surface area (Å²) in [6.07, 6.45) is -9.99. The van der Waals surface area contributed by atoms with Gasteiger partial charge in [-0.05, 0) is 45.2 Å². The third-order valence-corrected chi connectivity index (χ3v) is 6.33. The molecule has 0 aliphatic carbocycles. The fourth-order valence-electron chi connectivity index (χ4n) is 4.27. The number of nitrogens with one attached hydrogen (secondary N) is 1. The highest BCUT2D eigenvalue weighted by molar-refractivity contribution is 5.98. The molecule has 9 nitrogen and oxygen atoms in total. The van der Waals surface area contributed by atoms with Crippen molar-refractivity contribution in [2.75, 3.05) is 5.32 Å². The third-order valence-electron chi connectivity index (χ3n) is 6.33. The zero-order valence-electron chi connectivity index (χ0n) is 23.8. The van der Waals surface area contributed by atoms with Gasteiger partial charge in [0.05, 0.1) is 17.9 Å². The molecule has 1 atom stereocenters. The van der Waals surface area contributed by atoms with Crippen molar-refractivity contribution in [3.05, 3.63) is 71.3 Å². The van der Waals surface area contributed by atoms with Gasteiger partial charge in [0.15, 0.2) is 11.5 Å². The monoisotopic (exact) mass is 626 g/mol. The number of alkyl halides is 6. The Balaban J connectivity index is 1.92. The van der Waals surface area contributed by atoms with Crippen molar-refractivity contribution in [2.24, 2.45) is 0 Å². The first-order valence-corrected chi connectivity index (χ1v) is 13.4. The lowest BCUT2D eigenvalue weighted by atomic mass is 9.97. The normalized spacial score (nSPS) is 18.8. The molecule has 3 aromatic rings. The number of rotatable bonds is 4. The lowest BCUT2D eigenvalue weighted by molar-refractivity contribution is -0.295. The van der Waals surface area contributed by atoms with E-state index in [1.807, 2.05) is 0 Å². The van der Waals surface area contributed by atoms with E-state index < -0.39 is 89.3 Å². The molecular weight excluding hydrogens is 598 g/mol. The van der Waals surface area contributed by atoms with Crippen LogP contribution in [-0.2, 0) is 27.9 Å². The highest BCUT2D eigenvalue weighted by Crippen LogP contribution is 2.46. The first-order chi connectivity index (χ1) is 20.5. The minimum atomic E-state index is -5.11. The number of halogens is 6. The largest absolute Gasteiger partial charge is 0.444 e. The summed E-state index contributed by atoms with van der Waals surface area (Å²) in [7, 11) is 0. The lowest BCUT2D eigenvalue weighted by Gasteiger charge is -2.31. The molecule has 1 N–H and O–H groups in total. The SMILES string of the molecule is CC(C)(C)OC(=O)Nc1cc(C(F)(F)F)c2nc1-c1nnc(o1)[C@@](OCc1ccccc1)(C(F)(F)F)C/C=C/CCCC2=O. The van der Waals surface area contributed by atoms with Crippen molar-refractivity contribution in [1.29, 1.82) is 0 Å². The fourth-order valence-corrected chi connectivity index (χ4v) is 4.27. The van der Waals surface area contributed by atoms with Gasteiger partial charge in [0, 0.05) is 12.8 Å². The summed E-state index contributed by atoms with van der Waals surface area (Å²) in [4.78, 5) is 29.3. The minimum Gasteiger partial charge on any atom is -0.444 e. The van der Waals surface area contributed by atoms with Crippen LogP contribution in [-0.4, -0.2) is 38.8 Å². The van der Waals surface area contributed by atoms with Crippen molar-refractivity contribution in [1.82, 2.24) is 15.2 Å². The van der Waals surface area contributed by atoms with Crippen molar-refractivity contribution in [3.63, 3.8) is 0 Å². The smallest absolute Gasteiger partial charge is 0.426 e. The third kappa shape index (κ3) is 7.44. The average Bonchev–Trinajstić information content (AvgIpc) is 3.40. The molecule has 15 heteroatoms. The highest BCUT2D eigenvalue weighted by atomic mass is 19.4. The summed E-state index contributed by atoms with van der Waals surface area (Å²) < 4.78 is 103. The van der Waals surface area contributed by atoms with Crippen molar-refractivity contribution < 1.29 is 49.8 Å². The van der Waals surface area contributed by atoms with Crippen LogP contribution in [0.3, 0.4) is 0 Å². The molecule has 4 rings (SSSR count). The molecule has 3 heterocycles. The van der Waals surface area contributed by atoms with Crippen LogP contribution in [0.4, 0.5) is 36.8 Å². The Labute approximate surface area is 247 Å². The Morgan fingerprint density at radius 3 is 2.36 bits per heavy atom. The van der Waals surface area contributed by atoms with Crippen molar-refractivity contribution >= 4 is 17.6 Å². The van der Waals surface area contributed by atoms with E-state index >= 15 is 0 Å². The number of ether oxygens (including phenoxy) is 2. The number of hydrogen-bond donors (Lipinski definition) is 1. The number of Topliss-reactive ketones (excluding diaryl/α,β-unsaturated/α-hetero) is 1. The Morgan fingerprint density at radius 2 is 1.73 bits per heavy atom. The second-order valence-corrected chi connectivity index (χ2v) is 10.9. The number of hydrogen-bond acceptors (Lipinski definition) is 8. The summed E-state index contributed by atoms with van der Waals surface area (Å²) >= 11 is 0. The molecule has 0 saturated carbocycles. The van der Waals surface area contributed by atoms with Gasteiger partial charge in [0.1, 0.15) is 11.3 Å². The van der Waals surface area contributed by atoms with Crippen LogP contribution >= 0.6 is 0 Å². The second-order valence-electron chi connectivity index (χ2n) is 10.9. The van der Waals surface area contributed by atoms with Gasteiger partial charge in [-0.25, -0.2) is 9.78 Å². The molecule has 1 aromatic carbocycles. The fraction of sp³-hybridized carbons (Fsp3) is 0.414. The van der Waals surface area contributed by atoms with E-state index in [2.05, 4.69) is 20.5 Å². The quantitative estimate of drug-likeness (QED) is 0.231. The zero-order chi connectivity index (χ0) is 32.3. The molecule has 236 valence electrons. The molecule has 0 radical (unpaired) electrons. The topological polar surface area (TPSA) is 116 Å². The van der Waals surface area contributed by atoms with Gasteiger partial charge in [-0.2, -0.15) is 26.3 Å². The summed E-state index contributed by atoms with van der Waals surface area (Å²) in [5.74, 6) is -2.84. The van der Waals surface area contributed by atoms with Gasteiger partial charge in [0.2, 0.25) is 5.60 Å². The summed E-state index contributed by atoms with van der Waals surface area (Å²) in [6, 6.07) is 8.45. The van der Waals surface area contributed by atoms with E-state index in [4.69, 9.17) is 13.9 Å². The summed E-state index contributed by atoms with van der Waals surface area (Å²) in [5, 5.41) is 9.32. The predicted molar refractivity (Wildman–Crippen MR) is 143 cm³/mol. The number of benzene rings is 1. The zero-order valence-corrected chi connectivity index (χ0v) is 23.8. The van der Waals surface area contributed by atoms with E-state index in [9.17, 15) is 35.9 Å². The number of ketones is 1. The Hall–Kier alpha value is -4.27. The van der Waals surface area contributed by atoms with Gasteiger partial charge in [-0.1, -0.05) is 42.5 Å². The van der Waals surface area contributed by atoms with Crippen LogP contribution in [0.2, 0.25) is 0 Å². The number of aromatic nitrogens is 3. The number of allylic oxidation sites excluding steroid dienone is 1. The number of nitrogens with zero attached hydrogens (tertiary/aromatic N) is 3. The Bertz CT molecular complexity index is 1530. The standard InChI is InChI=1S/C29H28F6N4O5/c1-26(2,3)44-25(41)36-19-15-18(28(30,31)32)21-20(40)13-9-4-5-10-14-27(29(33,34)35,42-16-17-11-7-6-8-12-17)24-39-38-23(43-24)22(19)37-21/h5-8,10-12,15H,4,9,13-14,16H2,1-3H3,(H,36,41)/b10-5+/t27-/m1/s1. The maximum Gasteiger partial charge on any atom is 0.426 e. The molecule has 1 aliphatic rings. The number of amides is 1. The van der Waals surface area contributed by atoms with Crippen LogP contribution in [0.5, 0.6) is 0 Å². The number of fused-ring (bicyclic) bond motifs is 5.